The summed E-state index contributed by atoms with van der Waals surface area (Å²) in [5.74, 6) is 0. The van der Waals surface area contributed by atoms with E-state index in [4.69, 9.17) is 5.73 Å². The van der Waals surface area contributed by atoms with Gasteiger partial charge < -0.3 is 5.73 Å². The Hall–Kier alpha value is -0.370. The van der Waals surface area contributed by atoms with Crippen molar-refractivity contribution in [1.82, 2.24) is 0 Å². The molecule has 0 aromatic carbocycles. The Bertz CT molecular complexity index is 174. The molecule has 0 saturated heterocycles. The third kappa shape index (κ3) is 1.80. The van der Waals surface area contributed by atoms with Crippen molar-refractivity contribution < 1.29 is 4.39 Å². The molecule has 2 N–H and O–H groups in total. The SMILES string of the molecule is C=C1CC(C)(C)CC(N)C1F. The Morgan fingerprint density at radius 3 is 2.64 bits per heavy atom. The van der Waals surface area contributed by atoms with E-state index in [0.29, 0.717) is 5.57 Å². The Balaban J connectivity index is 2.70. The van der Waals surface area contributed by atoms with Gasteiger partial charge in [-0.25, -0.2) is 4.39 Å². The van der Waals surface area contributed by atoms with E-state index >= 15 is 0 Å². The van der Waals surface area contributed by atoms with E-state index < -0.39 is 6.17 Å². The van der Waals surface area contributed by atoms with Crippen molar-refractivity contribution in [3.05, 3.63) is 12.2 Å². The average Bonchev–Trinajstić information content (AvgIpc) is 1.81. The van der Waals surface area contributed by atoms with E-state index in [1.807, 2.05) is 0 Å². The van der Waals surface area contributed by atoms with Crippen LogP contribution in [-0.4, -0.2) is 12.2 Å². The molecule has 1 saturated carbocycles. The van der Waals surface area contributed by atoms with Gasteiger partial charge in [-0.3, -0.25) is 0 Å². The third-order valence-electron chi connectivity index (χ3n) is 2.26. The van der Waals surface area contributed by atoms with E-state index in [0.717, 1.165) is 12.8 Å². The number of rotatable bonds is 0. The molecule has 0 aliphatic heterocycles. The molecule has 2 heteroatoms. The van der Waals surface area contributed by atoms with Gasteiger partial charge in [0.2, 0.25) is 0 Å². The Kier molecular flexibility index (Phi) is 2.06. The zero-order valence-electron chi connectivity index (χ0n) is 7.23. The Morgan fingerprint density at radius 1 is 1.64 bits per heavy atom. The van der Waals surface area contributed by atoms with Gasteiger partial charge in [0.1, 0.15) is 6.17 Å². The van der Waals surface area contributed by atoms with Crippen LogP contribution in [0.2, 0.25) is 0 Å². The highest BCUT2D eigenvalue weighted by molar-refractivity contribution is 5.13. The first-order chi connectivity index (χ1) is 4.92. The minimum absolute atomic E-state index is 0.138. The molecular formula is C9H16FN. The molecule has 0 radical (unpaired) electrons. The summed E-state index contributed by atoms with van der Waals surface area (Å²) in [5.41, 5.74) is 6.41. The molecule has 0 bridgehead atoms. The summed E-state index contributed by atoms with van der Waals surface area (Å²) >= 11 is 0. The quantitative estimate of drug-likeness (QED) is 0.535. The molecule has 11 heavy (non-hydrogen) atoms. The lowest BCUT2D eigenvalue weighted by Crippen LogP contribution is -2.42. The van der Waals surface area contributed by atoms with Crippen molar-refractivity contribution in [3.63, 3.8) is 0 Å². The van der Waals surface area contributed by atoms with Crippen molar-refractivity contribution in [3.8, 4) is 0 Å². The fourth-order valence-electron chi connectivity index (χ4n) is 1.83. The van der Waals surface area contributed by atoms with E-state index in [9.17, 15) is 4.39 Å². The standard InChI is InChI=1S/C9H16FN/c1-6-4-9(2,3)5-7(11)8(6)10/h7-8H,1,4-5,11H2,2-3H3. The van der Waals surface area contributed by atoms with Crippen LogP contribution in [0.1, 0.15) is 26.7 Å². The van der Waals surface area contributed by atoms with Crippen LogP contribution in [0.4, 0.5) is 4.39 Å². The van der Waals surface area contributed by atoms with E-state index in [1.165, 1.54) is 0 Å². The molecule has 1 aliphatic carbocycles. The van der Waals surface area contributed by atoms with Gasteiger partial charge in [0.05, 0.1) is 0 Å². The zero-order chi connectivity index (χ0) is 8.65. The van der Waals surface area contributed by atoms with E-state index in [1.54, 1.807) is 0 Å². The van der Waals surface area contributed by atoms with E-state index in [2.05, 4.69) is 20.4 Å². The van der Waals surface area contributed by atoms with Gasteiger partial charge in [-0.05, 0) is 23.8 Å². The van der Waals surface area contributed by atoms with Crippen molar-refractivity contribution in [2.24, 2.45) is 11.1 Å². The van der Waals surface area contributed by atoms with Crippen LogP contribution >= 0.6 is 0 Å². The summed E-state index contributed by atoms with van der Waals surface area (Å²) < 4.78 is 13.1. The van der Waals surface area contributed by atoms with Crippen LogP contribution in [-0.2, 0) is 0 Å². The second kappa shape index (κ2) is 2.59. The predicted molar refractivity (Wildman–Crippen MR) is 45.0 cm³/mol. The van der Waals surface area contributed by atoms with Crippen molar-refractivity contribution in [2.45, 2.75) is 38.9 Å². The number of alkyl halides is 1. The van der Waals surface area contributed by atoms with Crippen molar-refractivity contribution >= 4 is 0 Å². The summed E-state index contributed by atoms with van der Waals surface area (Å²) in [6.07, 6.45) is 0.540. The minimum atomic E-state index is -0.983. The average molecular weight is 157 g/mol. The summed E-state index contributed by atoms with van der Waals surface area (Å²) in [6, 6.07) is -0.341. The zero-order valence-corrected chi connectivity index (χ0v) is 7.23. The second-order valence-electron chi connectivity index (χ2n) is 4.27. The van der Waals surface area contributed by atoms with Crippen LogP contribution in [0.3, 0.4) is 0 Å². The molecule has 0 aromatic rings. The minimum Gasteiger partial charge on any atom is -0.325 e. The van der Waals surface area contributed by atoms with Gasteiger partial charge in [0, 0.05) is 6.04 Å². The molecule has 2 unspecified atom stereocenters. The maximum absolute atomic E-state index is 13.1. The first-order valence-electron chi connectivity index (χ1n) is 4.00. The smallest absolute Gasteiger partial charge is 0.136 e. The Morgan fingerprint density at radius 2 is 2.18 bits per heavy atom. The topological polar surface area (TPSA) is 26.0 Å². The van der Waals surface area contributed by atoms with Crippen LogP contribution < -0.4 is 5.73 Å². The van der Waals surface area contributed by atoms with Gasteiger partial charge in [0.15, 0.2) is 0 Å². The molecule has 0 aromatic heterocycles. The molecular weight excluding hydrogens is 141 g/mol. The molecule has 1 fully saturated rings. The maximum atomic E-state index is 13.1. The summed E-state index contributed by atoms with van der Waals surface area (Å²) in [4.78, 5) is 0. The van der Waals surface area contributed by atoms with Crippen molar-refractivity contribution in [1.29, 1.82) is 0 Å². The molecule has 1 aliphatic rings. The molecule has 0 spiro atoms. The second-order valence-corrected chi connectivity index (χ2v) is 4.27. The van der Waals surface area contributed by atoms with Crippen LogP contribution in [0.5, 0.6) is 0 Å². The third-order valence-corrected chi connectivity index (χ3v) is 2.26. The highest BCUT2D eigenvalue weighted by Crippen LogP contribution is 2.38. The Labute approximate surface area is 67.5 Å². The fourth-order valence-corrected chi connectivity index (χ4v) is 1.83. The number of halogens is 1. The van der Waals surface area contributed by atoms with Gasteiger partial charge in [0.25, 0.3) is 0 Å². The van der Waals surface area contributed by atoms with Crippen molar-refractivity contribution in [2.75, 3.05) is 0 Å². The molecule has 0 amide bonds. The van der Waals surface area contributed by atoms with Gasteiger partial charge in [-0.15, -0.1) is 0 Å². The summed E-state index contributed by atoms with van der Waals surface area (Å²) in [5, 5.41) is 0. The number of hydrogen-bond donors (Lipinski definition) is 1. The lowest BCUT2D eigenvalue weighted by atomic mass is 9.72. The van der Waals surface area contributed by atoms with Gasteiger partial charge in [-0.1, -0.05) is 20.4 Å². The molecule has 2 atom stereocenters. The lowest BCUT2D eigenvalue weighted by molar-refractivity contribution is 0.181. The predicted octanol–water partition coefficient (Wildman–Crippen LogP) is 2.03. The molecule has 0 heterocycles. The van der Waals surface area contributed by atoms with Crippen LogP contribution in [0.25, 0.3) is 0 Å². The summed E-state index contributed by atoms with van der Waals surface area (Å²) in [6.45, 7) is 7.89. The highest BCUT2D eigenvalue weighted by Gasteiger charge is 2.35. The van der Waals surface area contributed by atoms with Gasteiger partial charge >= 0.3 is 0 Å². The lowest BCUT2D eigenvalue weighted by Gasteiger charge is -2.37. The monoisotopic (exact) mass is 157 g/mol. The van der Waals surface area contributed by atoms with Crippen LogP contribution in [0.15, 0.2) is 12.2 Å². The summed E-state index contributed by atoms with van der Waals surface area (Å²) in [7, 11) is 0. The van der Waals surface area contributed by atoms with Crippen LogP contribution in [0, 0.1) is 5.41 Å². The molecule has 1 nitrogen and oxygen atoms in total. The molecule has 1 rings (SSSR count). The molecule has 64 valence electrons. The first kappa shape index (κ1) is 8.72. The normalized spacial score (nSPS) is 37.3. The fraction of sp³-hybridized carbons (Fsp3) is 0.778. The van der Waals surface area contributed by atoms with E-state index in [-0.39, 0.29) is 11.5 Å². The first-order valence-corrected chi connectivity index (χ1v) is 4.00. The maximum Gasteiger partial charge on any atom is 0.136 e. The number of nitrogens with two attached hydrogens (primary N) is 1. The highest BCUT2D eigenvalue weighted by atomic mass is 19.1. The largest absolute Gasteiger partial charge is 0.325 e. The van der Waals surface area contributed by atoms with Gasteiger partial charge in [-0.2, -0.15) is 0 Å². The number of hydrogen-bond acceptors (Lipinski definition) is 1.